The van der Waals surface area contributed by atoms with Crippen LogP contribution in [0, 0.1) is 13.8 Å². The minimum absolute atomic E-state index is 0.201. The predicted octanol–water partition coefficient (Wildman–Crippen LogP) is 7.77. The van der Waals surface area contributed by atoms with E-state index in [1.165, 1.54) is 0 Å². The molecular formula is C32H27O2PS. The van der Waals surface area contributed by atoms with E-state index < -0.39 is 6.26 Å². The molecule has 5 aromatic rings. The molecule has 0 aliphatic heterocycles. The zero-order valence-corrected chi connectivity index (χ0v) is 22.0. The Bertz CT molecular complexity index is 1530. The molecule has 0 amide bonds. The van der Waals surface area contributed by atoms with Crippen molar-refractivity contribution in [1.29, 1.82) is 0 Å². The summed E-state index contributed by atoms with van der Waals surface area (Å²) in [4.78, 5) is 0. The van der Waals surface area contributed by atoms with Crippen molar-refractivity contribution >= 4 is 28.7 Å². The van der Waals surface area contributed by atoms with Gasteiger partial charge in [-0.25, -0.2) is 0 Å². The Morgan fingerprint density at radius 1 is 0.611 bits per heavy atom. The smallest absolute Gasteiger partial charge is 0.171 e. The summed E-state index contributed by atoms with van der Waals surface area (Å²) in [6.07, 6.45) is -2.74. The Morgan fingerprint density at radius 3 is 1.67 bits per heavy atom. The van der Waals surface area contributed by atoms with Gasteiger partial charge < -0.3 is 9.63 Å². The first-order chi connectivity index (χ1) is 17.5. The van der Waals surface area contributed by atoms with Gasteiger partial charge in [0, 0.05) is 21.7 Å². The molecule has 0 fully saturated rings. The van der Waals surface area contributed by atoms with E-state index in [9.17, 15) is 5.11 Å². The third-order valence-corrected chi connectivity index (χ3v) is 10.5. The second-order valence-corrected chi connectivity index (χ2v) is 12.6. The molecule has 0 heterocycles. The molecule has 0 aliphatic rings. The van der Waals surface area contributed by atoms with Crippen LogP contribution in [0.3, 0.4) is 0 Å². The first kappa shape index (κ1) is 24.1. The van der Waals surface area contributed by atoms with Crippen molar-refractivity contribution in [1.82, 2.24) is 0 Å². The summed E-state index contributed by atoms with van der Waals surface area (Å²) in [5, 5.41) is 13.1. The highest BCUT2D eigenvalue weighted by Gasteiger charge is 2.30. The maximum absolute atomic E-state index is 11.1. The Hall–Kier alpha value is -3.65. The lowest BCUT2D eigenvalue weighted by molar-refractivity contribution is 0.476. The van der Waals surface area contributed by atoms with Crippen molar-refractivity contribution in [3.63, 3.8) is 0 Å². The van der Waals surface area contributed by atoms with E-state index >= 15 is 0 Å². The summed E-state index contributed by atoms with van der Waals surface area (Å²) in [7, 11) is 0. The lowest BCUT2D eigenvalue weighted by atomic mass is 9.98. The Balaban J connectivity index is 1.77. The number of hydrogen-bond acceptors (Lipinski definition) is 3. The fourth-order valence-electron chi connectivity index (χ4n) is 4.60. The molecule has 2 nitrogen and oxygen atoms in total. The van der Waals surface area contributed by atoms with Crippen LogP contribution in [0.15, 0.2) is 121 Å². The Morgan fingerprint density at radius 2 is 1.11 bits per heavy atom. The van der Waals surface area contributed by atoms with E-state index in [1.807, 2.05) is 84.9 Å². The van der Waals surface area contributed by atoms with E-state index in [0.717, 1.165) is 38.4 Å². The molecule has 1 atom stereocenters. The summed E-state index contributed by atoms with van der Waals surface area (Å²) in [5.41, 5.74) is 5.62. The van der Waals surface area contributed by atoms with Crippen LogP contribution in [-0.2, 0) is 11.8 Å². The SMILES string of the molecule is Cc1cccc(C)c1[P@@](=S)(Oc1cc(-c2ccccc2)c(O)cc1-c1ccccc1)c1ccccc1. The van der Waals surface area contributed by atoms with Crippen molar-refractivity contribution < 1.29 is 9.63 Å². The first-order valence-electron chi connectivity index (χ1n) is 11.9. The van der Waals surface area contributed by atoms with Crippen LogP contribution in [0.4, 0.5) is 0 Å². The average Bonchev–Trinajstić information content (AvgIpc) is 2.91. The fraction of sp³-hybridized carbons (Fsp3) is 0.0625. The molecule has 0 unspecified atom stereocenters. The number of aromatic hydroxyl groups is 1. The lowest BCUT2D eigenvalue weighted by Crippen LogP contribution is -2.24. The summed E-state index contributed by atoms with van der Waals surface area (Å²) in [6.45, 7) is 4.19. The van der Waals surface area contributed by atoms with Gasteiger partial charge in [-0.1, -0.05) is 109 Å². The minimum atomic E-state index is -2.74. The fourth-order valence-corrected chi connectivity index (χ4v) is 8.59. The molecule has 0 saturated carbocycles. The Kier molecular flexibility index (Phi) is 6.78. The summed E-state index contributed by atoms with van der Waals surface area (Å²) < 4.78 is 7.05. The van der Waals surface area contributed by atoms with Gasteiger partial charge in [0.2, 0.25) is 0 Å². The standard InChI is InChI=1S/C32H27O2PS/c1-23-13-12-14-24(2)32(23)35(36,27-19-10-5-11-20-27)34-31-22-28(25-15-6-3-7-16-25)30(33)21-29(31)26-17-8-4-9-18-26/h3-22,33H,1-2H3/t35-/m1/s1. The second-order valence-electron chi connectivity index (χ2n) is 8.82. The van der Waals surface area contributed by atoms with E-state index in [4.69, 9.17) is 16.3 Å². The average molecular weight is 507 g/mol. The lowest BCUT2D eigenvalue weighted by Gasteiger charge is -2.29. The van der Waals surface area contributed by atoms with Crippen LogP contribution in [0.1, 0.15) is 11.1 Å². The highest BCUT2D eigenvalue weighted by molar-refractivity contribution is 8.19. The monoisotopic (exact) mass is 506 g/mol. The van der Waals surface area contributed by atoms with Crippen molar-refractivity contribution in [3.8, 4) is 33.8 Å². The van der Waals surface area contributed by atoms with Crippen molar-refractivity contribution in [2.24, 2.45) is 0 Å². The van der Waals surface area contributed by atoms with Gasteiger partial charge in [-0.05, 0) is 60.0 Å². The second kappa shape index (κ2) is 10.1. The van der Waals surface area contributed by atoms with E-state index in [0.29, 0.717) is 11.3 Å². The van der Waals surface area contributed by atoms with Crippen LogP contribution in [0.2, 0.25) is 0 Å². The molecule has 0 aliphatic carbocycles. The molecule has 0 radical (unpaired) electrons. The number of phenolic OH excluding ortho intramolecular Hbond substituents is 1. The van der Waals surface area contributed by atoms with E-state index in [-0.39, 0.29) is 5.75 Å². The van der Waals surface area contributed by atoms with Gasteiger partial charge in [-0.3, -0.25) is 0 Å². The highest BCUT2D eigenvalue weighted by atomic mass is 32.4. The number of benzene rings is 5. The molecule has 5 rings (SSSR count). The minimum Gasteiger partial charge on any atom is -0.507 e. The largest absolute Gasteiger partial charge is 0.507 e. The number of hydrogen-bond donors (Lipinski definition) is 1. The van der Waals surface area contributed by atoms with Crippen molar-refractivity contribution in [3.05, 3.63) is 132 Å². The van der Waals surface area contributed by atoms with Gasteiger partial charge in [-0.2, -0.15) is 0 Å². The predicted molar refractivity (Wildman–Crippen MR) is 156 cm³/mol. The highest BCUT2D eigenvalue weighted by Crippen LogP contribution is 2.51. The zero-order chi connectivity index (χ0) is 25.1. The summed E-state index contributed by atoms with van der Waals surface area (Å²) >= 11 is 6.52. The van der Waals surface area contributed by atoms with Gasteiger partial charge in [0.25, 0.3) is 0 Å². The number of aryl methyl sites for hydroxylation is 2. The molecule has 1 N–H and O–H groups in total. The molecule has 178 valence electrons. The molecular weight excluding hydrogens is 479 g/mol. The van der Waals surface area contributed by atoms with Crippen LogP contribution < -0.4 is 15.1 Å². The van der Waals surface area contributed by atoms with E-state index in [1.54, 1.807) is 6.07 Å². The molecule has 5 aromatic carbocycles. The molecule has 36 heavy (non-hydrogen) atoms. The Labute approximate surface area is 218 Å². The molecule has 0 bridgehead atoms. The normalized spacial score (nSPS) is 12.6. The van der Waals surface area contributed by atoms with Gasteiger partial charge in [-0.15, -0.1) is 0 Å². The van der Waals surface area contributed by atoms with Gasteiger partial charge >= 0.3 is 0 Å². The number of phenols is 1. The van der Waals surface area contributed by atoms with Crippen LogP contribution in [0.25, 0.3) is 22.3 Å². The van der Waals surface area contributed by atoms with E-state index in [2.05, 4.69) is 44.2 Å². The summed E-state index contributed by atoms with van der Waals surface area (Å²) in [6, 6.07) is 40.0. The third kappa shape index (κ3) is 4.60. The molecule has 4 heteroatoms. The van der Waals surface area contributed by atoms with Crippen LogP contribution >= 0.6 is 6.26 Å². The zero-order valence-electron chi connectivity index (χ0n) is 20.3. The molecule has 0 saturated heterocycles. The van der Waals surface area contributed by atoms with Crippen molar-refractivity contribution in [2.75, 3.05) is 0 Å². The quantitative estimate of drug-likeness (QED) is 0.239. The molecule has 0 aromatic heterocycles. The van der Waals surface area contributed by atoms with Crippen LogP contribution in [0.5, 0.6) is 11.5 Å². The van der Waals surface area contributed by atoms with Gasteiger partial charge in [0.1, 0.15) is 11.5 Å². The van der Waals surface area contributed by atoms with Gasteiger partial charge in [0.15, 0.2) is 6.26 Å². The topological polar surface area (TPSA) is 29.5 Å². The van der Waals surface area contributed by atoms with Gasteiger partial charge in [0.05, 0.1) is 0 Å². The van der Waals surface area contributed by atoms with Crippen molar-refractivity contribution in [2.45, 2.75) is 13.8 Å². The third-order valence-electron chi connectivity index (χ3n) is 6.32. The summed E-state index contributed by atoms with van der Waals surface area (Å²) in [5.74, 6) is 0.861. The number of rotatable bonds is 6. The maximum atomic E-state index is 11.1. The van der Waals surface area contributed by atoms with Crippen LogP contribution in [-0.4, -0.2) is 5.11 Å². The first-order valence-corrected chi connectivity index (χ1v) is 14.6. The maximum Gasteiger partial charge on any atom is 0.171 e. The molecule has 0 spiro atoms.